The van der Waals surface area contributed by atoms with Gasteiger partial charge in [0.2, 0.25) is 0 Å². The summed E-state index contributed by atoms with van der Waals surface area (Å²) < 4.78 is 20.8. The Morgan fingerprint density at radius 3 is 2.42 bits per heavy atom. The quantitative estimate of drug-likeness (QED) is 0.484. The summed E-state index contributed by atoms with van der Waals surface area (Å²) >= 11 is 4.13. The first-order valence-corrected chi connectivity index (χ1v) is 5.98. The third kappa shape index (κ3) is 11.0. The average molecular weight is 218 g/mol. The Morgan fingerprint density at radius 2 is 2.08 bits per heavy atom. The van der Waals surface area contributed by atoms with Crippen molar-refractivity contribution in [2.45, 2.75) is 26.2 Å². The molecule has 0 radical (unpaired) electrons. The van der Waals surface area contributed by atoms with Gasteiger partial charge < -0.3 is 4.55 Å². The fourth-order valence-electron chi connectivity index (χ4n) is 0.623. The van der Waals surface area contributed by atoms with Crippen molar-refractivity contribution < 1.29 is 43.1 Å². The van der Waals surface area contributed by atoms with E-state index in [1.165, 1.54) is 0 Å². The minimum Gasteiger partial charge on any atom is -0.769 e. The van der Waals surface area contributed by atoms with Gasteiger partial charge in [-0.05, 0) is 26.4 Å². The van der Waals surface area contributed by atoms with E-state index in [4.69, 9.17) is 0 Å². The van der Waals surface area contributed by atoms with E-state index >= 15 is 0 Å². The van der Waals surface area contributed by atoms with Gasteiger partial charge in [0.25, 0.3) is 0 Å². The fourth-order valence-corrected chi connectivity index (χ4v) is 1.47. The van der Waals surface area contributed by atoms with Crippen LogP contribution in [0.3, 0.4) is 0 Å². The maximum atomic E-state index is 10.7. The summed E-state index contributed by atoms with van der Waals surface area (Å²) in [5.74, 6) is 0.0253. The Balaban J connectivity index is 0. The number of rotatable bonds is 5. The van der Waals surface area contributed by atoms with Crippen LogP contribution in [0.5, 0.6) is 0 Å². The molecule has 0 spiro atoms. The molecule has 0 heterocycles. The zero-order valence-electron chi connectivity index (χ0n) is 7.37. The first-order chi connectivity index (χ1) is 4.95. The van der Waals surface area contributed by atoms with E-state index in [2.05, 4.69) is 11.2 Å². The summed E-state index contributed by atoms with van der Waals surface area (Å²) in [5, 5.41) is 0. The molecule has 66 valence electrons. The smallest absolute Gasteiger partial charge is 0.769 e. The standard InChI is InChI=1S/C6H12O3S2.Na/c1-2-6(7)4-3-5-11(8,9)10;/h2-5H2,1H3,(H,8,9,10);/q;+1/p-1. The number of hydrogen-bond donors (Lipinski definition) is 0. The van der Waals surface area contributed by atoms with Gasteiger partial charge >= 0.3 is 29.6 Å². The molecule has 3 nitrogen and oxygen atoms in total. The molecule has 0 bridgehead atoms. The minimum absolute atomic E-state index is 0. The van der Waals surface area contributed by atoms with E-state index in [0.29, 0.717) is 19.3 Å². The monoisotopic (exact) mass is 218 g/mol. The topological polar surface area (TPSA) is 57.2 Å². The van der Waals surface area contributed by atoms with Gasteiger partial charge in [0.1, 0.15) is 5.78 Å². The molecule has 0 N–H and O–H groups in total. The molecule has 1 atom stereocenters. The zero-order valence-corrected chi connectivity index (χ0v) is 11.0. The molecular weight excluding hydrogens is 207 g/mol. The molecule has 0 saturated heterocycles. The molecule has 1 unspecified atom stereocenters. The van der Waals surface area contributed by atoms with Crippen LogP contribution < -0.4 is 29.6 Å². The first-order valence-electron chi connectivity index (χ1n) is 3.41. The van der Waals surface area contributed by atoms with Gasteiger partial charge in [-0.1, -0.05) is 6.92 Å². The Kier molecular flexibility index (Phi) is 9.55. The van der Waals surface area contributed by atoms with Crippen molar-refractivity contribution in [1.82, 2.24) is 0 Å². The number of carbonyl (C=O) groups excluding carboxylic acids is 1. The molecule has 0 amide bonds. The van der Waals surface area contributed by atoms with Gasteiger partial charge in [0.05, 0.1) is 0 Å². The molecule has 0 aromatic carbocycles. The van der Waals surface area contributed by atoms with Crippen molar-refractivity contribution >= 4 is 25.7 Å². The van der Waals surface area contributed by atoms with Crippen molar-refractivity contribution in [3.8, 4) is 0 Å². The molecule has 0 saturated carbocycles. The van der Waals surface area contributed by atoms with Crippen molar-refractivity contribution in [2.24, 2.45) is 0 Å². The molecule has 6 heteroatoms. The van der Waals surface area contributed by atoms with Gasteiger partial charge in [-0.3, -0.25) is 9.00 Å². The number of ketones is 1. The van der Waals surface area contributed by atoms with Crippen molar-refractivity contribution in [3.05, 3.63) is 0 Å². The largest absolute Gasteiger partial charge is 1.00 e. The number of Topliss-reactive ketones (excluding diaryl/α,β-unsaturated/α-hetero) is 1. The third-order valence-corrected chi connectivity index (χ3v) is 2.53. The number of carbonyl (C=O) groups is 1. The number of hydrogen-bond acceptors (Lipinski definition) is 4. The molecule has 12 heavy (non-hydrogen) atoms. The van der Waals surface area contributed by atoms with E-state index in [1.807, 2.05) is 0 Å². The predicted molar refractivity (Wildman–Crippen MR) is 45.7 cm³/mol. The van der Waals surface area contributed by atoms with Gasteiger partial charge in [0.15, 0.2) is 0 Å². The van der Waals surface area contributed by atoms with Gasteiger partial charge in [0, 0.05) is 18.6 Å². The summed E-state index contributed by atoms with van der Waals surface area (Å²) in [5.41, 5.74) is 0. The Bertz CT molecular complexity index is 223. The molecule has 0 aromatic rings. The summed E-state index contributed by atoms with van der Waals surface area (Å²) in [6.07, 6.45) is 1.16. The molecule has 0 aliphatic heterocycles. The van der Waals surface area contributed by atoms with E-state index in [1.54, 1.807) is 6.92 Å². The predicted octanol–water partition coefficient (Wildman–Crippen LogP) is -2.37. The maximum Gasteiger partial charge on any atom is 1.00 e. The second-order valence-corrected chi connectivity index (χ2v) is 5.30. The van der Waals surface area contributed by atoms with Crippen LogP contribution in [0, 0.1) is 0 Å². The fraction of sp³-hybridized carbons (Fsp3) is 0.833. The second kappa shape index (κ2) is 7.41. The van der Waals surface area contributed by atoms with Crippen LogP contribution in [0.4, 0.5) is 0 Å². The Labute approximate surface area is 100 Å². The first kappa shape index (κ1) is 15.5. The van der Waals surface area contributed by atoms with Crippen LogP contribution in [-0.2, 0) is 24.8 Å². The van der Waals surface area contributed by atoms with Gasteiger partial charge in [-0.25, -0.2) is 0 Å². The van der Waals surface area contributed by atoms with E-state index in [0.717, 1.165) is 0 Å². The molecule has 0 aromatic heterocycles. The Morgan fingerprint density at radius 1 is 1.58 bits per heavy atom. The third-order valence-electron chi connectivity index (χ3n) is 1.24. The average Bonchev–Trinajstić information content (AvgIpc) is 1.85. The molecule has 0 aliphatic carbocycles. The summed E-state index contributed by atoms with van der Waals surface area (Å²) in [6.45, 7) is 1.75. The van der Waals surface area contributed by atoms with Crippen LogP contribution >= 0.6 is 0 Å². The van der Waals surface area contributed by atoms with Crippen molar-refractivity contribution in [2.75, 3.05) is 5.75 Å². The minimum atomic E-state index is -3.30. The van der Waals surface area contributed by atoms with E-state index in [-0.39, 0.29) is 41.1 Å². The molecule has 0 fully saturated rings. The van der Waals surface area contributed by atoms with E-state index < -0.39 is 8.77 Å². The zero-order chi connectivity index (χ0) is 8.91. The van der Waals surface area contributed by atoms with Crippen molar-refractivity contribution in [3.63, 3.8) is 0 Å². The maximum absolute atomic E-state index is 10.7. The molecule has 0 aliphatic rings. The van der Waals surface area contributed by atoms with Gasteiger partial charge in [-0.2, -0.15) is 0 Å². The summed E-state index contributed by atoms with van der Waals surface area (Å²) in [7, 11) is -3.30. The molecular formula is C6H11NaO3S2. The summed E-state index contributed by atoms with van der Waals surface area (Å²) in [4.78, 5) is 10.7. The normalized spacial score (nSPS) is 14.5. The second-order valence-electron chi connectivity index (χ2n) is 2.26. The van der Waals surface area contributed by atoms with Crippen molar-refractivity contribution in [1.29, 1.82) is 0 Å². The van der Waals surface area contributed by atoms with E-state index in [9.17, 15) is 13.6 Å². The SMILES string of the molecule is CCC(=O)CCCS(=O)([O-])=S.[Na+]. The van der Waals surface area contributed by atoms with Crippen LogP contribution in [0.2, 0.25) is 0 Å². The van der Waals surface area contributed by atoms with Crippen LogP contribution in [0.15, 0.2) is 0 Å². The van der Waals surface area contributed by atoms with Gasteiger partial charge in [-0.15, -0.1) is 0 Å². The summed E-state index contributed by atoms with van der Waals surface area (Å²) in [6, 6.07) is 0. The van der Waals surface area contributed by atoms with Crippen LogP contribution in [0.1, 0.15) is 26.2 Å². The van der Waals surface area contributed by atoms with Crippen LogP contribution in [0.25, 0.3) is 0 Å². The molecule has 0 rings (SSSR count). The van der Waals surface area contributed by atoms with Crippen LogP contribution in [-0.4, -0.2) is 20.3 Å². The Hall–Kier alpha value is 1.00.